The Kier molecular flexibility index (Phi) is 10.2. The van der Waals surface area contributed by atoms with Crippen LogP contribution >= 0.6 is 0 Å². The van der Waals surface area contributed by atoms with Gasteiger partial charge in [0.15, 0.2) is 0 Å². The van der Waals surface area contributed by atoms with Gasteiger partial charge in [0.1, 0.15) is 11.6 Å². The molecular weight excluding hydrogens is 578 g/mol. The number of carbonyl (C=O) groups excluding carboxylic acids is 1. The van der Waals surface area contributed by atoms with Gasteiger partial charge in [0.25, 0.3) is 0 Å². The van der Waals surface area contributed by atoms with E-state index in [4.69, 9.17) is 0 Å². The van der Waals surface area contributed by atoms with Gasteiger partial charge in [-0.2, -0.15) is 13.2 Å². The molecule has 0 aliphatic rings. The minimum Gasteiger partial charge on any atom is -0.506 e. The summed E-state index contributed by atoms with van der Waals surface area (Å²) in [7, 11) is -3.62. The van der Waals surface area contributed by atoms with E-state index in [9.17, 15) is 41.0 Å². The third kappa shape index (κ3) is 10.00. The van der Waals surface area contributed by atoms with Gasteiger partial charge in [-0.1, -0.05) is 36.4 Å². The molecule has 228 valence electrons. The van der Waals surface area contributed by atoms with Crippen LogP contribution in [-0.4, -0.2) is 42.9 Å². The number of aliphatic hydroxyl groups is 1. The first-order valence-corrected chi connectivity index (χ1v) is 14.7. The van der Waals surface area contributed by atoms with Crippen molar-refractivity contribution in [1.29, 1.82) is 0 Å². The summed E-state index contributed by atoms with van der Waals surface area (Å²) in [6.07, 6.45) is -4.29. The van der Waals surface area contributed by atoms with Crippen molar-refractivity contribution in [3.63, 3.8) is 0 Å². The maximum atomic E-state index is 13.3. The molecule has 0 aliphatic heterocycles. The van der Waals surface area contributed by atoms with E-state index in [2.05, 4.69) is 15.4 Å². The number of nitrogens with one attached hydrogen (secondary N) is 3. The van der Waals surface area contributed by atoms with Crippen LogP contribution in [0.5, 0.6) is 5.75 Å². The Morgan fingerprint density at radius 1 is 0.976 bits per heavy atom. The highest BCUT2D eigenvalue weighted by Gasteiger charge is 2.33. The molecule has 0 fully saturated rings. The minimum atomic E-state index is -4.74. The molecule has 3 aromatic carbocycles. The number of hydrogen-bond acceptors (Lipinski definition) is 6. The molecule has 42 heavy (non-hydrogen) atoms. The van der Waals surface area contributed by atoms with Crippen molar-refractivity contribution in [2.24, 2.45) is 0 Å². The molecule has 0 unspecified atom stereocenters. The third-order valence-electron chi connectivity index (χ3n) is 6.36. The second kappa shape index (κ2) is 13.1. The Morgan fingerprint density at radius 2 is 1.62 bits per heavy atom. The molecule has 0 saturated carbocycles. The van der Waals surface area contributed by atoms with Gasteiger partial charge >= 0.3 is 6.18 Å². The Bertz CT molecular complexity index is 1510. The fourth-order valence-electron chi connectivity index (χ4n) is 4.29. The highest BCUT2D eigenvalue weighted by Crippen LogP contribution is 2.32. The number of aromatic hydroxyl groups is 1. The molecule has 3 aromatic rings. The Morgan fingerprint density at radius 3 is 2.24 bits per heavy atom. The number of phenolic OH excluding ortho intramolecular Hbond substituents is 1. The highest BCUT2D eigenvalue weighted by atomic mass is 32.2. The van der Waals surface area contributed by atoms with Crippen molar-refractivity contribution in [3.8, 4) is 5.75 Å². The van der Waals surface area contributed by atoms with Crippen LogP contribution in [0.25, 0.3) is 0 Å². The highest BCUT2D eigenvalue weighted by molar-refractivity contribution is 7.92. The molecule has 0 spiro atoms. The summed E-state index contributed by atoms with van der Waals surface area (Å²) in [5.41, 5.74) is 0.102. The number of hydrogen-bond donors (Lipinski definition) is 5. The maximum Gasteiger partial charge on any atom is 0.416 e. The predicted molar refractivity (Wildman–Crippen MR) is 151 cm³/mol. The molecular formula is C29H33F4N3O5S. The molecule has 13 heteroatoms. The molecule has 0 bridgehead atoms. The van der Waals surface area contributed by atoms with Crippen molar-refractivity contribution in [1.82, 2.24) is 10.6 Å². The van der Waals surface area contributed by atoms with Crippen LogP contribution < -0.4 is 15.4 Å². The number of phenols is 1. The smallest absolute Gasteiger partial charge is 0.416 e. The molecule has 0 heterocycles. The van der Waals surface area contributed by atoms with Gasteiger partial charge in [0.05, 0.1) is 30.0 Å². The lowest BCUT2D eigenvalue weighted by Crippen LogP contribution is -2.43. The molecule has 8 nitrogen and oxygen atoms in total. The first kappa shape index (κ1) is 32.8. The lowest BCUT2D eigenvalue weighted by molar-refractivity contribution is -0.138. The number of rotatable bonds is 12. The number of carbonyl (C=O) groups is 1. The van der Waals surface area contributed by atoms with Crippen LogP contribution in [0.2, 0.25) is 0 Å². The predicted octanol–water partition coefficient (Wildman–Crippen LogP) is 4.42. The molecule has 0 aromatic heterocycles. The fraction of sp³-hybridized carbons (Fsp3) is 0.345. The van der Waals surface area contributed by atoms with Crippen molar-refractivity contribution < 1.29 is 41.0 Å². The summed E-state index contributed by atoms with van der Waals surface area (Å²) in [5, 5.41) is 26.2. The summed E-state index contributed by atoms with van der Waals surface area (Å²) in [6, 6.07) is 13.6. The second-order valence-corrected chi connectivity index (χ2v) is 12.4. The summed E-state index contributed by atoms with van der Waals surface area (Å²) in [4.78, 5) is 12.4. The molecule has 0 saturated heterocycles. The van der Waals surface area contributed by atoms with Crippen LogP contribution in [0.1, 0.15) is 47.8 Å². The average Bonchev–Trinajstić information content (AvgIpc) is 2.87. The van der Waals surface area contributed by atoms with E-state index in [0.29, 0.717) is 23.6 Å². The molecule has 5 N–H and O–H groups in total. The Hall–Kier alpha value is -3.68. The quantitative estimate of drug-likeness (QED) is 0.152. The van der Waals surface area contributed by atoms with Crippen LogP contribution in [0, 0.1) is 5.82 Å². The van der Waals surface area contributed by atoms with Crippen LogP contribution in [0.3, 0.4) is 0 Å². The summed E-state index contributed by atoms with van der Waals surface area (Å²) in [6.45, 7) is 3.61. The monoisotopic (exact) mass is 611 g/mol. The summed E-state index contributed by atoms with van der Waals surface area (Å²) in [5.74, 6) is -1.77. The van der Waals surface area contributed by atoms with E-state index in [0.717, 1.165) is 24.0 Å². The van der Waals surface area contributed by atoms with Gasteiger partial charge < -0.3 is 20.8 Å². The number of aliphatic hydroxyl groups excluding tert-OH is 1. The van der Waals surface area contributed by atoms with Crippen molar-refractivity contribution >= 4 is 21.6 Å². The van der Waals surface area contributed by atoms with E-state index in [-0.39, 0.29) is 30.0 Å². The number of sulfonamides is 1. The number of amides is 1. The lowest BCUT2D eigenvalue weighted by Gasteiger charge is -2.28. The molecule has 0 aliphatic carbocycles. The fourth-order valence-corrected chi connectivity index (χ4v) is 4.85. The lowest BCUT2D eigenvalue weighted by atomic mass is 9.93. The third-order valence-corrected chi connectivity index (χ3v) is 6.95. The van der Waals surface area contributed by atoms with Gasteiger partial charge in [-0.25, -0.2) is 12.8 Å². The Labute approximate surface area is 241 Å². The first-order chi connectivity index (χ1) is 19.4. The molecule has 3 rings (SSSR count). The van der Waals surface area contributed by atoms with E-state index >= 15 is 0 Å². The van der Waals surface area contributed by atoms with E-state index in [1.807, 2.05) is 26.0 Å². The van der Waals surface area contributed by atoms with Crippen molar-refractivity contribution in [3.05, 3.63) is 94.3 Å². The van der Waals surface area contributed by atoms with E-state index in [1.165, 1.54) is 18.2 Å². The summed E-state index contributed by atoms with van der Waals surface area (Å²) < 4.78 is 78.0. The van der Waals surface area contributed by atoms with Gasteiger partial charge in [0, 0.05) is 18.6 Å². The van der Waals surface area contributed by atoms with Gasteiger partial charge in [-0.15, -0.1) is 0 Å². The number of alkyl halides is 3. The van der Waals surface area contributed by atoms with Crippen LogP contribution in [-0.2, 0) is 40.4 Å². The minimum absolute atomic E-state index is 0.0383. The molecule has 1 atom stereocenters. The zero-order chi connectivity index (χ0) is 31.3. The van der Waals surface area contributed by atoms with E-state index < -0.39 is 51.7 Å². The second-order valence-electron chi connectivity index (χ2n) is 10.7. The largest absolute Gasteiger partial charge is 0.506 e. The maximum absolute atomic E-state index is 13.3. The topological polar surface area (TPSA) is 128 Å². The van der Waals surface area contributed by atoms with Gasteiger partial charge in [0.2, 0.25) is 15.9 Å². The van der Waals surface area contributed by atoms with Crippen molar-refractivity contribution in [2.45, 2.75) is 51.1 Å². The van der Waals surface area contributed by atoms with Gasteiger partial charge in [-0.3, -0.25) is 9.52 Å². The number of β-amino-alcohol motifs (C(OH)–C–C–N with tert-alkyl or cyclic N) is 1. The summed E-state index contributed by atoms with van der Waals surface area (Å²) >= 11 is 0. The zero-order valence-corrected chi connectivity index (χ0v) is 24.0. The first-order valence-electron chi connectivity index (χ1n) is 12.9. The number of anilines is 1. The van der Waals surface area contributed by atoms with Crippen LogP contribution in [0.4, 0.5) is 23.2 Å². The standard InChI is InChI=1S/C29H33F4N3O5S/c1-28(2,35-17-26(38)20-9-11-25(37)24(13-20)36-42(3,40)41)15-19-6-4-18(5-7-19)12-27(39)34-16-21-8-10-22(30)14-23(21)29(31,32)33/h4-11,13-14,26,35-38H,12,15-17H2,1-3H3,(H,34,39)/t26-/m0/s1. The molecule has 0 radical (unpaired) electrons. The number of halogens is 4. The van der Waals surface area contributed by atoms with Crippen molar-refractivity contribution in [2.75, 3.05) is 17.5 Å². The van der Waals surface area contributed by atoms with Crippen LogP contribution in [0.15, 0.2) is 60.7 Å². The SMILES string of the molecule is CC(C)(Cc1ccc(CC(=O)NCc2ccc(F)cc2C(F)(F)F)cc1)NC[C@H](O)c1ccc(O)c(NS(C)(=O)=O)c1. The normalized spacial score (nSPS) is 13.0. The van der Waals surface area contributed by atoms with Gasteiger partial charge in [-0.05, 0) is 66.8 Å². The Balaban J connectivity index is 1.53. The zero-order valence-electron chi connectivity index (χ0n) is 23.2. The molecule has 1 amide bonds. The number of benzene rings is 3. The average molecular weight is 612 g/mol. The van der Waals surface area contributed by atoms with E-state index in [1.54, 1.807) is 12.1 Å².